The molecule has 34 heavy (non-hydrogen) atoms. The van der Waals surface area contributed by atoms with E-state index in [0.29, 0.717) is 12.8 Å². The molecule has 0 N–H and O–H groups in total. The van der Waals surface area contributed by atoms with E-state index in [1.807, 2.05) is 0 Å². The van der Waals surface area contributed by atoms with Crippen LogP contribution in [0.3, 0.4) is 0 Å². The summed E-state index contributed by atoms with van der Waals surface area (Å²) in [5.74, 6) is -3.08. The molecule has 2 amide bonds. The number of nitro benzene ring substituents is 1. The number of ether oxygens (including phenoxy) is 1. The third-order valence-corrected chi connectivity index (χ3v) is 8.74. The minimum atomic E-state index is -0.863. The van der Waals surface area contributed by atoms with Crippen LogP contribution in [0.25, 0.3) is 0 Å². The fraction of sp³-hybridized carbons (Fsp3) is 0.304. The molecule has 9 nitrogen and oxygen atoms in total. The number of Topliss-reactive ketones (excluding diaryl/α,β-unsaturated/α-hetero) is 1. The number of fused-ring (bicyclic) bond motifs is 1. The second-order valence-electron chi connectivity index (χ2n) is 8.05. The lowest BCUT2D eigenvalue weighted by Gasteiger charge is -2.29. The van der Waals surface area contributed by atoms with Crippen molar-refractivity contribution in [3.8, 4) is 0 Å². The molecule has 1 aliphatic carbocycles. The minimum Gasteiger partial charge on any atom is -0.454 e. The number of nitrogens with zero attached hydrogens (tertiary/aromatic N) is 2. The summed E-state index contributed by atoms with van der Waals surface area (Å²) in [6.07, 6.45) is 0.996. The van der Waals surface area contributed by atoms with E-state index in [2.05, 4.69) is 31.9 Å². The first kappa shape index (κ1) is 24.2. The highest BCUT2D eigenvalue weighted by Crippen LogP contribution is 2.44. The third-order valence-electron chi connectivity index (χ3n) is 6.01. The summed E-state index contributed by atoms with van der Waals surface area (Å²) >= 11 is 7.09. The van der Waals surface area contributed by atoms with Gasteiger partial charge in [0.2, 0.25) is 11.8 Å². The highest BCUT2D eigenvalue weighted by Gasteiger charge is 2.52. The zero-order valence-corrected chi connectivity index (χ0v) is 20.7. The average molecular weight is 594 g/mol. The van der Waals surface area contributed by atoms with Crippen LogP contribution in [0.1, 0.15) is 33.6 Å². The van der Waals surface area contributed by atoms with Crippen molar-refractivity contribution < 1.29 is 28.8 Å². The third kappa shape index (κ3) is 4.54. The van der Waals surface area contributed by atoms with Crippen molar-refractivity contribution >= 4 is 66.8 Å². The van der Waals surface area contributed by atoms with E-state index in [4.69, 9.17) is 4.74 Å². The molecule has 1 heterocycles. The first-order valence-electron chi connectivity index (χ1n) is 10.4. The van der Waals surface area contributed by atoms with Crippen LogP contribution in [0, 0.1) is 22.0 Å². The van der Waals surface area contributed by atoms with Gasteiger partial charge in [0.1, 0.15) is 0 Å². The molecule has 11 heteroatoms. The Kier molecular flexibility index (Phi) is 6.94. The van der Waals surface area contributed by atoms with Crippen LogP contribution in [0.4, 0.5) is 11.4 Å². The van der Waals surface area contributed by atoms with Crippen molar-refractivity contribution in [2.24, 2.45) is 11.8 Å². The normalized spacial score (nSPS) is 24.0. The minimum absolute atomic E-state index is 0.00914. The number of hydrogen-bond donors (Lipinski definition) is 0. The molecule has 0 aromatic heterocycles. The number of carbonyl (C=O) groups is 4. The highest BCUT2D eigenvalue weighted by atomic mass is 79.9. The van der Waals surface area contributed by atoms with Gasteiger partial charge in [-0.25, -0.2) is 9.69 Å². The van der Waals surface area contributed by atoms with E-state index in [0.717, 1.165) is 4.90 Å². The molecule has 0 spiro atoms. The largest absolute Gasteiger partial charge is 0.454 e. The molecule has 0 unspecified atom stereocenters. The zero-order chi connectivity index (χ0) is 24.6. The molecule has 1 aliphatic heterocycles. The van der Waals surface area contributed by atoms with Crippen molar-refractivity contribution in [1.29, 1.82) is 0 Å². The summed E-state index contributed by atoms with van der Waals surface area (Å²) in [6.45, 7) is -0.603. The number of benzene rings is 2. The number of carbonyl (C=O) groups excluding carboxylic acids is 4. The maximum Gasteiger partial charge on any atom is 0.340 e. The summed E-state index contributed by atoms with van der Waals surface area (Å²) in [6, 6.07) is 11.0. The quantitative estimate of drug-likeness (QED) is 0.123. The molecule has 1 saturated heterocycles. The Hall–Kier alpha value is -2.92. The number of amides is 2. The number of hydrogen-bond acceptors (Lipinski definition) is 7. The molecule has 0 bridgehead atoms. The summed E-state index contributed by atoms with van der Waals surface area (Å²) in [4.78, 5) is 62.7. The average Bonchev–Trinajstić information content (AvgIpc) is 3.06. The number of alkyl halides is 2. The number of anilines is 1. The van der Waals surface area contributed by atoms with Gasteiger partial charge < -0.3 is 4.74 Å². The molecule has 2 aromatic carbocycles. The van der Waals surface area contributed by atoms with Gasteiger partial charge in [0.25, 0.3) is 5.69 Å². The summed E-state index contributed by atoms with van der Waals surface area (Å²) < 4.78 is 5.16. The topological polar surface area (TPSA) is 124 Å². The van der Waals surface area contributed by atoms with Crippen LogP contribution in [-0.2, 0) is 14.3 Å². The van der Waals surface area contributed by atoms with E-state index in [9.17, 15) is 29.3 Å². The van der Waals surface area contributed by atoms with E-state index in [1.165, 1.54) is 36.4 Å². The van der Waals surface area contributed by atoms with Crippen molar-refractivity contribution in [2.45, 2.75) is 22.5 Å². The maximum atomic E-state index is 13.1. The van der Waals surface area contributed by atoms with Gasteiger partial charge in [0.15, 0.2) is 12.4 Å². The van der Waals surface area contributed by atoms with Gasteiger partial charge in [-0.05, 0) is 37.1 Å². The Balaban J connectivity index is 1.50. The molecule has 1 saturated carbocycles. The smallest absolute Gasteiger partial charge is 0.340 e. The summed E-state index contributed by atoms with van der Waals surface area (Å²) in [7, 11) is 0. The Bertz CT molecular complexity index is 1160. The molecule has 0 radical (unpaired) electrons. The Morgan fingerprint density at radius 2 is 1.53 bits per heavy atom. The van der Waals surface area contributed by atoms with Gasteiger partial charge in [-0.2, -0.15) is 0 Å². The van der Waals surface area contributed by atoms with Crippen LogP contribution >= 0.6 is 31.9 Å². The molecular weight excluding hydrogens is 576 g/mol. The number of esters is 1. The number of para-hydroxylation sites is 1. The van der Waals surface area contributed by atoms with Gasteiger partial charge in [-0.1, -0.05) is 44.0 Å². The molecule has 4 rings (SSSR count). The van der Waals surface area contributed by atoms with Crippen LogP contribution in [0.5, 0.6) is 0 Å². The van der Waals surface area contributed by atoms with Crippen molar-refractivity contribution in [3.05, 3.63) is 69.8 Å². The first-order valence-corrected chi connectivity index (χ1v) is 12.2. The SMILES string of the molecule is O=C(COC(=O)c1ccccc1N1C(=O)[C@@H]2C[C@H](Br)[C@@H](Br)C[C@H]2C1=O)c1ccc([N+](=O)[O-])cc1. The van der Waals surface area contributed by atoms with Gasteiger partial charge in [-0.3, -0.25) is 24.5 Å². The van der Waals surface area contributed by atoms with Gasteiger partial charge in [-0.15, -0.1) is 0 Å². The van der Waals surface area contributed by atoms with E-state index < -0.39 is 35.1 Å². The Labute approximate surface area is 210 Å². The maximum absolute atomic E-state index is 13.1. The number of imide groups is 1. The summed E-state index contributed by atoms with van der Waals surface area (Å²) in [5, 5.41) is 10.8. The molecule has 176 valence electrons. The molecule has 2 aromatic rings. The highest BCUT2D eigenvalue weighted by molar-refractivity contribution is 9.12. The number of nitro groups is 1. The summed E-state index contributed by atoms with van der Waals surface area (Å²) in [5.41, 5.74) is 0.0943. The number of non-ortho nitro benzene ring substituents is 1. The van der Waals surface area contributed by atoms with Crippen LogP contribution in [0.2, 0.25) is 0 Å². The Morgan fingerprint density at radius 3 is 2.09 bits per heavy atom. The zero-order valence-electron chi connectivity index (χ0n) is 17.6. The number of halogens is 2. The van der Waals surface area contributed by atoms with Crippen molar-refractivity contribution in [1.82, 2.24) is 0 Å². The standard InChI is InChI=1S/C23H18Br2N2O7/c24-17-9-15-16(10-18(17)25)22(30)26(21(15)29)19-4-2-1-3-14(19)23(31)34-11-20(28)12-5-7-13(8-6-12)27(32)33/h1-8,15-18H,9-11H2/t15-,16-,17+,18+/m1/s1. The predicted octanol–water partition coefficient (Wildman–Crippen LogP) is 4.06. The van der Waals surface area contributed by atoms with Crippen molar-refractivity contribution in [3.63, 3.8) is 0 Å². The lowest BCUT2D eigenvalue weighted by molar-refractivity contribution is -0.384. The molecule has 4 atom stereocenters. The molecule has 2 aliphatic rings. The number of ketones is 1. The second kappa shape index (κ2) is 9.75. The van der Waals surface area contributed by atoms with E-state index in [-0.39, 0.29) is 44.0 Å². The fourth-order valence-electron chi connectivity index (χ4n) is 4.24. The van der Waals surface area contributed by atoms with Gasteiger partial charge in [0, 0.05) is 27.4 Å². The van der Waals surface area contributed by atoms with Crippen LogP contribution in [0.15, 0.2) is 48.5 Å². The van der Waals surface area contributed by atoms with Crippen LogP contribution < -0.4 is 4.90 Å². The van der Waals surface area contributed by atoms with Gasteiger partial charge in [0.05, 0.1) is 28.0 Å². The van der Waals surface area contributed by atoms with Crippen molar-refractivity contribution in [2.75, 3.05) is 11.5 Å². The molecular formula is C23H18Br2N2O7. The lowest BCUT2D eigenvalue weighted by atomic mass is 9.81. The van der Waals surface area contributed by atoms with Crippen LogP contribution in [-0.4, -0.2) is 44.8 Å². The second-order valence-corrected chi connectivity index (χ2v) is 10.4. The first-order chi connectivity index (χ1) is 16.2. The lowest BCUT2D eigenvalue weighted by Crippen LogP contribution is -2.34. The fourth-order valence-corrected chi connectivity index (χ4v) is 5.47. The predicted molar refractivity (Wildman–Crippen MR) is 128 cm³/mol. The monoisotopic (exact) mass is 592 g/mol. The number of rotatable bonds is 6. The Morgan fingerprint density at radius 1 is 0.971 bits per heavy atom. The molecule has 2 fully saturated rings. The van der Waals surface area contributed by atoms with E-state index in [1.54, 1.807) is 12.1 Å². The van der Waals surface area contributed by atoms with Gasteiger partial charge >= 0.3 is 5.97 Å². The van der Waals surface area contributed by atoms with E-state index >= 15 is 0 Å².